The zero-order valence-corrected chi connectivity index (χ0v) is 31.0. The Morgan fingerprint density at radius 3 is 1.64 bits per heavy atom. The molecule has 0 unspecified atom stereocenters. The molecule has 0 spiro atoms. The van der Waals surface area contributed by atoms with E-state index in [1.807, 2.05) is 47.7 Å². The fraction of sp³-hybridized carbons (Fsp3) is 0. The largest absolute Gasteiger partial charge is 0.301 e. The van der Waals surface area contributed by atoms with Gasteiger partial charge in [-0.2, -0.15) is 0 Å². The Kier molecular flexibility index (Phi) is 7.64. The summed E-state index contributed by atoms with van der Waals surface area (Å²) >= 11 is 1.83. The van der Waals surface area contributed by atoms with Crippen LogP contribution in [0.2, 0.25) is 0 Å². The van der Waals surface area contributed by atoms with E-state index in [9.17, 15) is 0 Å². The van der Waals surface area contributed by atoms with Crippen LogP contribution in [-0.2, 0) is 0 Å². The molecule has 0 atom stereocenters. The van der Waals surface area contributed by atoms with E-state index in [4.69, 9.17) is 15.0 Å². The molecule has 4 heterocycles. The van der Waals surface area contributed by atoms with Crippen LogP contribution in [0.25, 0.3) is 104 Å². The van der Waals surface area contributed by atoms with Crippen LogP contribution in [0, 0.1) is 0 Å². The summed E-state index contributed by atoms with van der Waals surface area (Å²) in [6, 6.07) is 68.2. The van der Waals surface area contributed by atoms with Gasteiger partial charge in [-0.05, 0) is 47.5 Å². The predicted octanol–water partition coefficient (Wildman–Crippen LogP) is 13.7. The minimum atomic E-state index is 0.713. The number of hydrogen-bond acceptors (Lipinski definition) is 4. The Balaban J connectivity index is 1.10. The first kappa shape index (κ1) is 32.2. The van der Waals surface area contributed by atoms with Gasteiger partial charge in [0, 0.05) is 49.5 Å². The number of thiophene rings is 1. The monoisotopic (exact) mass is 732 g/mol. The molecule has 0 amide bonds. The minimum absolute atomic E-state index is 0.713. The van der Waals surface area contributed by atoms with Crippen LogP contribution >= 0.6 is 11.3 Å². The third-order valence-corrected chi connectivity index (χ3v) is 11.8. The van der Waals surface area contributed by atoms with Gasteiger partial charge in [-0.3, -0.25) is 0 Å². The van der Waals surface area contributed by atoms with Crippen molar-refractivity contribution in [2.24, 2.45) is 0 Å². The van der Waals surface area contributed by atoms with Gasteiger partial charge < -0.3 is 4.57 Å². The molecular weight excluding hydrogens is 701 g/mol. The number of pyridine rings is 1. The fourth-order valence-electron chi connectivity index (χ4n) is 7.95. The second-order valence-electron chi connectivity index (χ2n) is 14.0. The molecule has 4 aromatic heterocycles. The maximum absolute atomic E-state index is 5.27. The second-order valence-corrected chi connectivity index (χ2v) is 15.0. The molecule has 262 valence electrons. The van der Waals surface area contributed by atoms with Gasteiger partial charge in [0.1, 0.15) is 4.83 Å². The highest BCUT2D eigenvalue weighted by Crippen LogP contribution is 2.48. The lowest BCUT2D eigenvalue weighted by Gasteiger charge is -2.11. The van der Waals surface area contributed by atoms with Crippen LogP contribution in [-0.4, -0.2) is 19.5 Å². The Hall–Kier alpha value is -7.21. The lowest BCUT2D eigenvalue weighted by atomic mass is 9.99. The van der Waals surface area contributed by atoms with Gasteiger partial charge in [0.25, 0.3) is 0 Å². The van der Waals surface area contributed by atoms with Crippen molar-refractivity contribution in [3.05, 3.63) is 194 Å². The first-order valence-corrected chi connectivity index (χ1v) is 19.6. The molecule has 0 aliphatic heterocycles. The van der Waals surface area contributed by atoms with Crippen molar-refractivity contribution < 1.29 is 0 Å². The zero-order valence-electron chi connectivity index (χ0n) is 30.2. The normalized spacial score (nSPS) is 11.6. The molecular formula is C51H32N4S. The van der Waals surface area contributed by atoms with Crippen molar-refractivity contribution in [2.45, 2.75) is 0 Å². The summed E-state index contributed by atoms with van der Waals surface area (Å²) in [6.45, 7) is 0. The average Bonchev–Trinajstić information content (AvgIpc) is 3.82. The van der Waals surface area contributed by atoms with Crippen LogP contribution in [0.4, 0.5) is 0 Å². The number of hydrogen-bond donors (Lipinski definition) is 0. The van der Waals surface area contributed by atoms with E-state index in [2.05, 4.69) is 162 Å². The Bertz CT molecular complexity index is 3150. The lowest BCUT2D eigenvalue weighted by molar-refractivity contribution is 1.18. The first-order chi connectivity index (χ1) is 27.8. The van der Waals surface area contributed by atoms with Crippen molar-refractivity contribution in [2.75, 3.05) is 0 Å². The van der Waals surface area contributed by atoms with Gasteiger partial charge in [-0.15, -0.1) is 11.3 Å². The number of aromatic nitrogens is 4. The molecule has 11 aromatic rings. The molecule has 0 bridgehead atoms. The highest BCUT2D eigenvalue weighted by molar-refractivity contribution is 7.26. The maximum atomic E-state index is 5.27. The predicted molar refractivity (Wildman–Crippen MR) is 234 cm³/mol. The van der Waals surface area contributed by atoms with Gasteiger partial charge in [0.2, 0.25) is 0 Å². The summed E-state index contributed by atoms with van der Waals surface area (Å²) in [4.78, 5) is 16.5. The number of nitrogens with zero attached hydrogens (tertiary/aromatic N) is 4. The Labute approximate surface area is 327 Å². The highest BCUT2D eigenvalue weighted by Gasteiger charge is 2.23. The molecule has 56 heavy (non-hydrogen) atoms. The van der Waals surface area contributed by atoms with Crippen molar-refractivity contribution in [3.63, 3.8) is 0 Å². The molecule has 11 rings (SSSR count). The van der Waals surface area contributed by atoms with Crippen molar-refractivity contribution in [1.29, 1.82) is 0 Å². The van der Waals surface area contributed by atoms with Gasteiger partial charge >= 0.3 is 0 Å². The number of rotatable bonds is 6. The standard InChI is InChI=1S/C51H32N4S/c1-5-15-34(16-6-1)43-32-44(54-50(53-43)37-19-9-3-10-20-37)35-27-25-33(26-28-35)38-29-30-45-41(31-38)47-46-40-23-13-14-24-42(40)52-48(36-17-7-2-8-18-36)49(46)56-51(47)55(45)39-21-11-4-12-22-39/h1-32H. The van der Waals surface area contributed by atoms with E-state index in [-0.39, 0.29) is 0 Å². The molecule has 0 saturated heterocycles. The summed E-state index contributed by atoms with van der Waals surface area (Å²) in [5.41, 5.74) is 12.7. The van der Waals surface area contributed by atoms with E-state index >= 15 is 0 Å². The fourth-order valence-corrected chi connectivity index (χ4v) is 9.33. The zero-order chi connectivity index (χ0) is 37.0. The molecule has 0 saturated carbocycles. The molecule has 0 N–H and O–H groups in total. The molecule has 0 aliphatic carbocycles. The summed E-state index contributed by atoms with van der Waals surface area (Å²) in [5, 5.41) is 4.92. The molecule has 5 heteroatoms. The lowest BCUT2D eigenvalue weighted by Crippen LogP contribution is -1.95. The van der Waals surface area contributed by atoms with Gasteiger partial charge in [0.05, 0.1) is 32.8 Å². The Morgan fingerprint density at radius 1 is 0.393 bits per heavy atom. The van der Waals surface area contributed by atoms with Crippen LogP contribution < -0.4 is 0 Å². The smallest absolute Gasteiger partial charge is 0.160 e. The molecule has 0 aliphatic rings. The van der Waals surface area contributed by atoms with Crippen LogP contribution in [0.1, 0.15) is 0 Å². The Morgan fingerprint density at radius 2 is 0.946 bits per heavy atom. The van der Waals surface area contributed by atoms with Crippen molar-refractivity contribution in [3.8, 4) is 62.0 Å². The van der Waals surface area contributed by atoms with Crippen molar-refractivity contribution in [1.82, 2.24) is 19.5 Å². The first-order valence-electron chi connectivity index (χ1n) is 18.8. The number of fused-ring (bicyclic) bond motifs is 7. The molecule has 4 nitrogen and oxygen atoms in total. The third-order valence-electron chi connectivity index (χ3n) is 10.6. The van der Waals surface area contributed by atoms with E-state index in [1.165, 1.54) is 36.6 Å². The summed E-state index contributed by atoms with van der Waals surface area (Å²) < 4.78 is 3.63. The quantitative estimate of drug-likeness (QED) is 0.171. The SMILES string of the molecule is c1ccc(-c2cc(-c3ccc(-c4ccc5c(c4)c4c6c(sc4n5-c4ccccc4)c(-c4ccccc4)nc4ccccc46)cc3)nc(-c3ccccc3)n2)cc1. The van der Waals surface area contributed by atoms with Crippen molar-refractivity contribution >= 4 is 53.4 Å². The van der Waals surface area contributed by atoms with E-state index < -0.39 is 0 Å². The molecule has 0 radical (unpaired) electrons. The number of para-hydroxylation sites is 2. The number of benzene rings is 7. The summed E-state index contributed by atoms with van der Waals surface area (Å²) in [7, 11) is 0. The van der Waals surface area contributed by atoms with E-state index in [0.717, 1.165) is 61.7 Å². The van der Waals surface area contributed by atoms with Crippen LogP contribution in [0.5, 0.6) is 0 Å². The third kappa shape index (κ3) is 5.40. The molecule has 7 aromatic carbocycles. The maximum Gasteiger partial charge on any atom is 0.160 e. The van der Waals surface area contributed by atoms with Crippen LogP contribution in [0.15, 0.2) is 194 Å². The minimum Gasteiger partial charge on any atom is -0.301 e. The van der Waals surface area contributed by atoms with Crippen LogP contribution in [0.3, 0.4) is 0 Å². The highest BCUT2D eigenvalue weighted by atomic mass is 32.1. The van der Waals surface area contributed by atoms with Gasteiger partial charge in [-0.25, -0.2) is 15.0 Å². The topological polar surface area (TPSA) is 43.6 Å². The van der Waals surface area contributed by atoms with Gasteiger partial charge in [0.15, 0.2) is 5.82 Å². The second kappa shape index (κ2) is 13.3. The summed E-state index contributed by atoms with van der Waals surface area (Å²) in [5.74, 6) is 0.713. The van der Waals surface area contributed by atoms with E-state index in [1.54, 1.807) is 0 Å². The molecule has 0 fully saturated rings. The average molecular weight is 733 g/mol. The van der Waals surface area contributed by atoms with E-state index in [0.29, 0.717) is 5.82 Å². The van der Waals surface area contributed by atoms with Gasteiger partial charge in [-0.1, -0.05) is 158 Å². The summed E-state index contributed by atoms with van der Waals surface area (Å²) in [6.07, 6.45) is 0.